The summed E-state index contributed by atoms with van der Waals surface area (Å²) in [5.74, 6) is 1.34. The number of carbonyl (C=O) groups excluding carboxylic acids is 1. The highest BCUT2D eigenvalue weighted by Gasteiger charge is 2.24. The molecule has 0 bridgehead atoms. The van der Waals surface area contributed by atoms with Crippen molar-refractivity contribution in [1.29, 1.82) is 0 Å². The summed E-state index contributed by atoms with van der Waals surface area (Å²) in [5, 5.41) is 3.61. The van der Waals surface area contributed by atoms with Crippen LogP contribution in [0.4, 0.5) is 16.6 Å². The number of anilines is 2. The Morgan fingerprint density at radius 2 is 2.00 bits per heavy atom. The topological polar surface area (TPSA) is 66.3 Å². The summed E-state index contributed by atoms with van der Waals surface area (Å²) in [7, 11) is 1.93. The van der Waals surface area contributed by atoms with E-state index in [0.29, 0.717) is 37.1 Å². The van der Waals surface area contributed by atoms with Gasteiger partial charge in [0, 0.05) is 39.4 Å². The summed E-state index contributed by atoms with van der Waals surface area (Å²) in [6, 6.07) is 9.87. The van der Waals surface area contributed by atoms with E-state index >= 15 is 0 Å². The van der Waals surface area contributed by atoms with Gasteiger partial charge in [0.05, 0.1) is 16.1 Å². The molecule has 0 saturated carbocycles. The second-order valence-electron chi connectivity index (χ2n) is 7.63. The van der Waals surface area contributed by atoms with Gasteiger partial charge in [-0.2, -0.15) is 0 Å². The van der Waals surface area contributed by atoms with Crippen LogP contribution in [0.15, 0.2) is 36.5 Å². The van der Waals surface area contributed by atoms with E-state index in [1.165, 1.54) is 12.0 Å². The highest BCUT2D eigenvalue weighted by Crippen LogP contribution is 2.24. The molecule has 4 rings (SSSR count). The zero-order valence-corrected chi connectivity index (χ0v) is 18.2. The van der Waals surface area contributed by atoms with Gasteiger partial charge in [-0.25, -0.2) is 14.8 Å². The maximum atomic E-state index is 12.8. The third-order valence-electron chi connectivity index (χ3n) is 5.59. The molecule has 30 heavy (non-hydrogen) atoms. The fourth-order valence-electron chi connectivity index (χ4n) is 3.80. The van der Waals surface area contributed by atoms with Crippen LogP contribution in [0.25, 0.3) is 11.0 Å². The fourth-order valence-corrected chi connectivity index (χ4v) is 4.04. The van der Waals surface area contributed by atoms with Crippen LogP contribution < -0.4 is 10.2 Å². The van der Waals surface area contributed by atoms with E-state index in [1.807, 2.05) is 23.7 Å². The van der Waals surface area contributed by atoms with Crippen LogP contribution in [-0.2, 0) is 13.5 Å². The van der Waals surface area contributed by atoms with E-state index in [0.717, 1.165) is 29.7 Å². The Kier molecular flexibility index (Phi) is 6.08. The molecule has 1 saturated heterocycles. The Balaban J connectivity index is 1.41. The molecule has 1 N–H and O–H groups in total. The first-order valence-corrected chi connectivity index (χ1v) is 10.8. The summed E-state index contributed by atoms with van der Waals surface area (Å²) < 4.78 is 1.93. The number of rotatable bonds is 5. The number of hydrogen-bond acceptors (Lipinski definition) is 4. The number of urea groups is 1. The number of unbranched alkanes of at least 4 members (excludes halogenated alkanes) is 1. The van der Waals surface area contributed by atoms with Gasteiger partial charge in [0.15, 0.2) is 0 Å². The third-order valence-corrected chi connectivity index (χ3v) is 5.88. The lowest BCUT2D eigenvalue weighted by molar-refractivity contribution is 0.208. The van der Waals surface area contributed by atoms with Crippen molar-refractivity contribution in [3.63, 3.8) is 0 Å². The maximum Gasteiger partial charge on any atom is 0.324 e. The second kappa shape index (κ2) is 8.92. The van der Waals surface area contributed by atoms with Crippen LogP contribution in [0.3, 0.4) is 0 Å². The Hall–Kier alpha value is -2.80. The third kappa shape index (κ3) is 4.21. The zero-order valence-electron chi connectivity index (χ0n) is 17.4. The molecule has 0 unspecified atom stereocenters. The standard InChI is InChI=1S/C22H27ClN6O/c1-3-4-6-16-8-9-19-18(15-16)25-21(27(19)2)26-22(30)29-13-11-28(12-14-29)20-17(23)7-5-10-24-20/h5,7-10,15H,3-4,6,11-14H2,1-2H3,(H,25,26,30). The van der Waals surface area contributed by atoms with Gasteiger partial charge in [-0.3, -0.25) is 5.32 Å². The summed E-state index contributed by atoms with van der Waals surface area (Å²) in [6.45, 7) is 4.77. The van der Waals surface area contributed by atoms with Gasteiger partial charge >= 0.3 is 6.03 Å². The Labute approximate surface area is 181 Å². The van der Waals surface area contributed by atoms with Gasteiger partial charge in [0.25, 0.3) is 0 Å². The molecule has 2 amide bonds. The van der Waals surface area contributed by atoms with E-state index in [4.69, 9.17) is 11.6 Å². The fraction of sp³-hybridized carbons (Fsp3) is 0.409. The quantitative estimate of drug-likeness (QED) is 0.659. The number of nitrogens with one attached hydrogen (secondary N) is 1. The van der Waals surface area contributed by atoms with Gasteiger partial charge in [0.1, 0.15) is 5.82 Å². The molecule has 0 spiro atoms. The lowest BCUT2D eigenvalue weighted by Crippen LogP contribution is -2.50. The first kappa shape index (κ1) is 20.5. The molecular formula is C22H27ClN6O. The Morgan fingerprint density at radius 3 is 2.73 bits per heavy atom. The zero-order chi connectivity index (χ0) is 21.1. The van der Waals surface area contributed by atoms with Crippen LogP contribution >= 0.6 is 11.6 Å². The lowest BCUT2D eigenvalue weighted by Gasteiger charge is -2.35. The smallest absolute Gasteiger partial charge is 0.324 e. The van der Waals surface area contributed by atoms with Crippen molar-refractivity contribution < 1.29 is 4.79 Å². The Morgan fingerprint density at radius 1 is 1.20 bits per heavy atom. The number of aromatic nitrogens is 3. The first-order valence-electron chi connectivity index (χ1n) is 10.4. The number of benzene rings is 1. The molecule has 1 fully saturated rings. The number of fused-ring (bicyclic) bond motifs is 1. The van der Waals surface area contributed by atoms with Crippen LogP contribution in [0.1, 0.15) is 25.3 Å². The first-order chi connectivity index (χ1) is 14.6. The Bertz CT molecular complexity index is 1040. The van der Waals surface area contributed by atoms with Crippen LogP contribution in [0.5, 0.6) is 0 Å². The summed E-state index contributed by atoms with van der Waals surface area (Å²) in [5.41, 5.74) is 3.21. The molecule has 8 heteroatoms. The van der Waals surface area contributed by atoms with Gasteiger partial charge < -0.3 is 14.4 Å². The van der Waals surface area contributed by atoms with Crippen LogP contribution in [0.2, 0.25) is 5.02 Å². The number of carbonyl (C=O) groups is 1. The average Bonchev–Trinajstić information content (AvgIpc) is 3.07. The molecular weight excluding hydrogens is 400 g/mol. The highest BCUT2D eigenvalue weighted by molar-refractivity contribution is 6.32. The van der Waals surface area contributed by atoms with E-state index < -0.39 is 0 Å². The molecule has 7 nitrogen and oxygen atoms in total. The minimum atomic E-state index is -0.133. The minimum absolute atomic E-state index is 0.133. The van der Waals surface area contributed by atoms with Crippen molar-refractivity contribution in [2.24, 2.45) is 7.05 Å². The molecule has 158 valence electrons. The molecule has 2 aromatic heterocycles. The molecule has 0 aliphatic carbocycles. The van der Waals surface area contributed by atoms with Crippen molar-refractivity contribution in [3.8, 4) is 0 Å². The average molecular weight is 427 g/mol. The molecule has 3 aromatic rings. The van der Waals surface area contributed by atoms with Crippen molar-refractivity contribution in [1.82, 2.24) is 19.4 Å². The monoisotopic (exact) mass is 426 g/mol. The number of nitrogens with zero attached hydrogens (tertiary/aromatic N) is 5. The van der Waals surface area contributed by atoms with Gasteiger partial charge in [-0.1, -0.05) is 31.0 Å². The van der Waals surface area contributed by atoms with Gasteiger partial charge in [-0.15, -0.1) is 0 Å². The summed E-state index contributed by atoms with van der Waals surface area (Å²) in [6.07, 6.45) is 5.12. The van der Waals surface area contributed by atoms with Crippen molar-refractivity contribution >= 4 is 40.4 Å². The van der Waals surface area contributed by atoms with Crippen molar-refractivity contribution in [2.75, 3.05) is 36.4 Å². The van der Waals surface area contributed by atoms with E-state index in [1.54, 1.807) is 11.1 Å². The lowest BCUT2D eigenvalue weighted by atomic mass is 10.1. The van der Waals surface area contributed by atoms with E-state index in [-0.39, 0.29) is 6.03 Å². The number of piperazine rings is 1. The van der Waals surface area contributed by atoms with E-state index in [9.17, 15) is 4.79 Å². The SMILES string of the molecule is CCCCc1ccc2c(c1)nc(NC(=O)N1CCN(c3ncccc3Cl)CC1)n2C. The molecule has 1 aliphatic rings. The van der Waals surface area contributed by atoms with E-state index in [2.05, 4.69) is 45.3 Å². The van der Waals surface area contributed by atoms with Gasteiger partial charge in [0.2, 0.25) is 5.95 Å². The van der Waals surface area contributed by atoms with Gasteiger partial charge in [-0.05, 0) is 42.7 Å². The van der Waals surface area contributed by atoms with Crippen molar-refractivity contribution in [2.45, 2.75) is 26.2 Å². The molecule has 0 atom stereocenters. The molecule has 3 heterocycles. The highest BCUT2D eigenvalue weighted by atomic mass is 35.5. The minimum Gasteiger partial charge on any atom is -0.352 e. The molecule has 1 aliphatic heterocycles. The summed E-state index contributed by atoms with van der Waals surface area (Å²) >= 11 is 6.25. The maximum absolute atomic E-state index is 12.8. The summed E-state index contributed by atoms with van der Waals surface area (Å²) in [4.78, 5) is 25.8. The predicted molar refractivity (Wildman–Crippen MR) is 121 cm³/mol. The largest absolute Gasteiger partial charge is 0.352 e. The number of hydrogen-bond donors (Lipinski definition) is 1. The number of halogens is 1. The number of aryl methyl sites for hydroxylation is 2. The van der Waals surface area contributed by atoms with Crippen molar-refractivity contribution in [3.05, 3.63) is 47.1 Å². The normalized spacial score (nSPS) is 14.4. The molecule has 0 radical (unpaired) electrons. The van der Waals surface area contributed by atoms with Crippen LogP contribution in [0, 0.1) is 0 Å². The second-order valence-corrected chi connectivity index (χ2v) is 8.04. The predicted octanol–water partition coefficient (Wildman–Crippen LogP) is 4.32. The van der Waals surface area contributed by atoms with Crippen LogP contribution in [-0.4, -0.2) is 51.6 Å². The number of amides is 2. The molecule has 1 aromatic carbocycles. The number of imidazole rings is 1. The number of pyridine rings is 1.